The van der Waals surface area contributed by atoms with Crippen LogP contribution in [0.3, 0.4) is 0 Å². The van der Waals surface area contributed by atoms with Gasteiger partial charge in [0.1, 0.15) is 6.04 Å². The third-order valence-electron chi connectivity index (χ3n) is 2.95. The molecule has 1 fully saturated rings. The van der Waals surface area contributed by atoms with Gasteiger partial charge in [-0.25, -0.2) is 0 Å². The summed E-state index contributed by atoms with van der Waals surface area (Å²) in [5.74, 6) is -0.153. The number of hydrogen-bond acceptors (Lipinski definition) is 5. The molecular formula is C13H30NO4PSi2. The maximum Gasteiger partial charge on any atom is 0.310 e. The van der Waals surface area contributed by atoms with Crippen LogP contribution in [0.4, 0.5) is 0 Å². The Bertz CT molecular complexity index is 431. The third-order valence-corrected chi connectivity index (χ3v) is 8.37. The van der Waals surface area contributed by atoms with Gasteiger partial charge in [0, 0.05) is 6.66 Å². The lowest BCUT2D eigenvalue weighted by Gasteiger charge is -2.31. The monoisotopic (exact) mass is 351 g/mol. The molecule has 1 rings (SSSR count). The zero-order chi connectivity index (χ0) is 16.5. The molecule has 0 amide bonds. The van der Waals surface area contributed by atoms with E-state index < -0.39 is 24.0 Å². The van der Waals surface area contributed by atoms with Crippen molar-refractivity contribution in [2.75, 3.05) is 19.5 Å². The van der Waals surface area contributed by atoms with Crippen LogP contribution in [0.25, 0.3) is 0 Å². The summed E-state index contributed by atoms with van der Waals surface area (Å²) in [6, 6.07) is -0.254. The Balaban J connectivity index is 2.70. The van der Waals surface area contributed by atoms with Crippen molar-refractivity contribution >= 4 is 30.0 Å². The Morgan fingerprint density at radius 2 is 1.76 bits per heavy atom. The molecule has 2 atom stereocenters. The molecule has 21 heavy (non-hydrogen) atoms. The zero-order valence-corrected chi connectivity index (χ0v) is 17.3. The van der Waals surface area contributed by atoms with Crippen molar-refractivity contribution in [1.29, 1.82) is 0 Å². The Hall–Kier alpha value is 0.0538. The fourth-order valence-corrected chi connectivity index (χ4v) is 9.17. The molecule has 0 radical (unpaired) electrons. The second-order valence-corrected chi connectivity index (χ2v) is 19.6. The minimum absolute atomic E-state index is 0.153. The van der Waals surface area contributed by atoms with Gasteiger partial charge >= 0.3 is 5.97 Å². The molecule has 0 saturated carbocycles. The quantitative estimate of drug-likeness (QED) is 0.541. The molecule has 0 unspecified atom stereocenters. The Morgan fingerprint density at radius 3 is 2.24 bits per heavy atom. The highest BCUT2D eigenvalue weighted by atomic mass is 31.2. The van der Waals surface area contributed by atoms with Crippen LogP contribution in [0.2, 0.25) is 39.3 Å². The largest absolute Gasteiger partial charge is 0.519 e. The predicted octanol–water partition coefficient (Wildman–Crippen LogP) is 3.55. The fourth-order valence-electron chi connectivity index (χ4n) is 2.57. The van der Waals surface area contributed by atoms with Crippen molar-refractivity contribution < 1.29 is 18.0 Å². The highest BCUT2D eigenvalue weighted by Crippen LogP contribution is 2.47. The van der Waals surface area contributed by atoms with E-state index >= 15 is 0 Å². The smallest absolute Gasteiger partial charge is 0.310 e. The highest BCUT2D eigenvalue weighted by molar-refractivity contribution is 7.59. The van der Waals surface area contributed by atoms with Crippen LogP contribution in [-0.4, -0.2) is 53.0 Å². The summed E-state index contributed by atoms with van der Waals surface area (Å²) in [5.41, 5.74) is 0. The van der Waals surface area contributed by atoms with Gasteiger partial charge in [0.2, 0.25) is 15.7 Å². The minimum atomic E-state index is -2.70. The average Bonchev–Trinajstić information content (AvgIpc) is 2.57. The second-order valence-electron chi connectivity index (χ2n) is 7.86. The van der Waals surface area contributed by atoms with Crippen LogP contribution in [0.1, 0.15) is 12.8 Å². The molecule has 0 spiro atoms. The molecule has 0 aromatic carbocycles. The van der Waals surface area contributed by atoms with Gasteiger partial charge in [-0.2, -0.15) is 0 Å². The molecule has 1 aliphatic heterocycles. The molecule has 0 aromatic rings. The number of hydrogen-bond donors (Lipinski definition) is 0. The van der Waals surface area contributed by atoms with E-state index in [1.165, 1.54) is 0 Å². The van der Waals surface area contributed by atoms with Crippen molar-refractivity contribution in [2.24, 2.45) is 0 Å². The van der Waals surface area contributed by atoms with Crippen LogP contribution >= 0.6 is 7.37 Å². The van der Waals surface area contributed by atoms with Gasteiger partial charge in [-0.3, -0.25) is 14.3 Å². The van der Waals surface area contributed by atoms with Crippen molar-refractivity contribution in [3.8, 4) is 0 Å². The minimum Gasteiger partial charge on any atom is -0.519 e. The molecule has 0 aliphatic carbocycles. The van der Waals surface area contributed by atoms with E-state index in [1.54, 1.807) is 6.66 Å². The molecule has 1 aliphatic rings. The van der Waals surface area contributed by atoms with Crippen LogP contribution in [-0.2, 0) is 18.0 Å². The maximum atomic E-state index is 12.7. The number of rotatable bonds is 6. The summed E-state index contributed by atoms with van der Waals surface area (Å²) in [5, 5.41) is 0. The molecule has 5 nitrogen and oxygen atoms in total. The van der Waals surface area contributed by atoms with E-state index in [-0.39, 0.29) is 12.0 Å². The van der Waals surface area contributed by atoms with Gasteiger partial charge in [-0.05, 0) is 58.7 Å². The number of likely N-dealkylation sites (tertiary alicyclic amines) is 1. The Labute approximate surface area is 131 Å². The van der Waals surface area contributed by atoms with E-state index in [0.717, 1.165) is 19.4 Å². The second kappa shape index (κ2) is 6.66. The lowest BCUT2D eigenvalue weighted by atomic mass is 10.2. The van der Waals surface area contributed by atoms with Gasteiger partial charge in [0.05, 0.1) is 6.29 Å². The summed E-state index contributed by atoms with van der Waals surface area (Å²) in [6.45, 7) is 14.6. The number of nitrogens with zero attached hydrogens (tertiary/aromatic N) is 1. The first kappa shape index (κ1) is 19.1. The van der Waals surface area contributed by atoms with E-state index in [0.29, 0.717) is 6.29 Å². The fraction of sp³-hybridized carbons (Fsp3) is 0.923. The molecule has 8 heteroatoms. The average molecular weight is 352 g/mol. The molecule has 124 valence electrons. The first-order valence-electron chi connectivity index (χ1n) is 7.53. The summed E-state index contributed by atoms with van der Waals surface area (Å²) < 4.78 is 24.1. The van der Waals surface area contributed by atoms with Crippen LogP contribution in [0, 0.1) is 0 Å². The first-order valence-corrected chi connectivity index (χ1v) is 16.6. The van der Waals surface area contributed by atoms with Crippen LogP contribution < -0.4 is 0 Å². The van der Waals surface area contributed by atoms with Crippen molar-refractivity contribution in [3.05, 3.63) is 0 Å². The van der Waals surface area contributed by atoms with Gasteiger partial charge in [-0.1, -0.05) is 0 Å². The molecule has 0 N–H and O–H groups in total. The van der Waals surface area contributed by atoms with Gasteiger partial charge < -0.3 is 8.64 Å². The summed E-state index contributed by atoms with van der Waals surface area (Å²) in [4.78, 5) is 14.3. The molecular weight excluding hydrogens is 321 g/mol. The van der Waals surface area contributed by atoms with Crippen LogP contribution in [0.15, 0.2) is 0 Å². The van der Waals surface area contributed by atoms with Gasteiger partial charge in [0.25, 0.3) is 0 Å². The van der Waals surface area contributed by atoms with Crippen molar-refractivity contribution in [3.63, 3.8) is 0 Å². The maximum absolute atomic E-state index is 12.7. The van der Waals surface area contributed by atoms with E-state index in [2.05, 4.69) is 0 Å². The van der Waals surface area contributed by atoms with Crippen molar-refractivity contribution in [1.82, 2.24) is 4.90 Å². The SMILES string of the molecule is C[Si](C)(C)OC(=O)[C@@H]1CCCN1C[P@@](C)(=O)O[Si](C)(C)C. The van der Waals surface area contributed by atoms with E-state index in [1.807, 2.05) is 44.2 Å². The van der Waals surface area contributed by atoms with Crippen molar-refractivity contribution in [2.45, 2.75) is 58.2 Å². The summed E-state index contributed by atoms with van der Waals surface area (Å²) >= 11 is 0. The zero-order valence-electron chi connectivity index (χ0n) is 14.4. The lowest BCUT2D eigenvalue weighted by molar-refractivity contribution is -0.139. The molecule has 1 saturated heterocycles. The molecule has 1 heterocycles. The van der Waals surface area contributed by atoms with E-state index in [4.69, 9.17) is 8.64 Å². The van der Waals surface area contributed by atoms with Crippen LogP contribution in [0.5, 0.6) is 0 Å². The summed E-state index contributed by atoms with van der Waals surface area (Å²) in [6.07, 6.45) is 2.08. The number of carbonyl (C=O) groups is 1. The number of carbonyl (C=O) groups excluding carboxylic acids is 1. The Morgan fingerprint density at radius 1 is 1.19 bits per heavy atom. The molecule has 0 aromatic heterocycles. The normalized spacial score (nSPS) is 23.9. The summed E-state index contributed by atoms with van der Waals surface area (Å²) in [7, 11) is -6.44. The highest BCUT2D eigenvalue weighted by Gasteiger charge is 2.38. The van der Waals surface area contributed by atoms with Gasteiger partial charge in [0.15, 0.2) is 8.32 Å². The first-order chi connectivity index (χ1) is 9.29. The third kappa shape index (κ3) is 7.24. The topological polar surface area (TPSA) is 55.8 Å². The standard InChI is InChI=1S/C13H30NO4PSi2/c1-19(16,18-21(5,6)7)11-14-10-8-9-12(14)13(15)17-20(2,3)4/h12H,8-11H2,1-7H3/t12-,19-/m0/s1. The lowest BCUT2D eigenvalue weighted by Crippen LogP contribution is -2.42. The Kier molecular flexibility index (Phi) is 6.06. The predicted molar refractivity (Wildman–Crippen MR) is 92.0 cm³/mol. The van der Waals surface area contributed by atoms with E-state index in [9.17, 15) is 9.36 Å². The van der Waals surface area contributed by atoms with Gasteiger partial charge in [-0.15, -0.1) is 0 Å². The molecule has 0 bridgehead atoms.